The van der Waals surface area contributed by atoms with Crippen LogP contribution in [-0.4, -0.2) is 61.4 Å². The number of Topliss-reactive ketones (excluding diaryl/α,β-unsaturated/α-hetero) is 2. The van der Waals surface area contributed by atoms with Gasteiger partial charge < -0.3 is 14.7 Å². The molecule has 6 heteroatoms. The second-order valence-electron chi connectivity index (χ2n) is 5.08. The van der Waals surface area contributed by atoms with Crippen molar-refractivity contribution in [3.05, 3.63) is 0 Å². The first-order chi connectivity index (χ1) is 10.2. The summed E-state index contributed by atoms with van der Waals surface area (Å²) in [5.74, 6) is -0.258. The van der Waals surface area contributed by atoms with Gasteiger partial charge in [-0.2, -0.15) is 0 Å². The number of aliphatic hydroxyl groups is 1. The number of nitrogens with zero attached hydrogens (tertiary/aromatic N) is 1. The summed E-state index contributed by atoms with van der Waals surface area (Å²) in [5.41, 5.74) is 0. The first-order valence-corrected chi connectivity index (χ1v) is 7.56. The highest BCUT2D eigenvalue weighted by Crippen LogP contribution is 1.96. The molecular weight excluding hydrogens is 286 g/mol. The van der Waals surface area contributed by atoms with Gasteiger partial charge in [0.2, 0.25) is 5.91 Å². The zero-order chi connectivity index (χ0) is 18.3. The molecule has 1 amide bonds. The van der Waals surface area contributed by atoms with Crippen molar-refractivity contribution in [3.8, 4) is 0 Å². The Morgan fingerprint density at radius 1 is 1.00 bits per heavy atom. The quantitative estimate of drug-likeness (QED) is 0.769. The predicted octanol–water partition coefficient (Wildman–Crippen LogP) is 1.55. The van der Waals surface area contributed by atoms with Crippen LogP contribution in [0.5, 0.6) is 0 Å². The van der Waals surface area contributed by atoms with Crippen LogP contribution in [0, 0.1) is 11.8 Å². The van der Waals surface area contributed by atoms with E-state index >= 15 is 0 Å². The zero-order valence-corrected chi connectivity index (χ0v) is 15.3. The second kappa shape index (κ2) is 16.1. The van der Waals surface area contributed by atoms with Gasteiger partial charge in [0.25, 0.3) is 0 Å². The monoisotopic (exact) mass is 319 g/mol. The van der Waals surface area contributed by atoms with E-state index in [-0.39, 0.29) is 49.1 Å². The number of hydrogen-bond donors (Lipinski definition) is 1. The molecule has 0 aromatic heterocycles. The van der Waals surface area contributed by atoms with Gasteiger partial charge in [-0.25, -0.2) is 0 Å². The van der Waals surface area contributed by atoms with Gasteiger partial charge in [-0.1, -0.05) is 41.5 Å². The minimum absolute atomic E-state index is 0.0231. The van der Waals surface area contributed by atoms with Crippen molar-refractivity contribution < 1.29 is 24.2 Å². The Labute approximate surface area is 134 Å². The summed E-state index contributed by atoms with van der Waals surface area (Å²) in [6.07, 6.45) is 0. The molecule has 132 valence electrons. The van der Waals surface area contributed by atoms with Crippen molar-refractivity contribution in [2.75, 3.05) is 33.9 Å². The van der Waals surface area contributed by atoms with Gasteiger partial charge in [0.1, 0.15) is 13.2 Å². The van der Waals surface area contributed by atoms with Gasteiger partial charge in [-0.05, 0) is 0 Å². The van der Waals surface area contributed by atoms with Crippen LogP contribution in [0.1, 0.15) is 41.5 Å². The number of aliphatic hydroxyl groups excluding tert-OH is 1. The van der Waals surface area contributed by atoms with E-state index in [1.807, 2.05) is 27.7 Å². The topological polar surface area (TPSA) is 83.9 Å². The third kappa shape index (κ3) is 15.1. The standard InChI is InChI=1S/C9H17NO3.C5H10O2.C2H6/c1-7(2)8(11)5-10(3)9(12)6-13-4;1-4(2)5(7)3-6;1-2/h7H,5-6H2,1-4H3;4,6H,3H2,1-2H3;1-2H3. The molecule has 0 aromatic rings. The van der Waals surface area contributed by atoms with E-state index in [4.69, 9.17) is 5.11 Å². The Kier molecular flexibility index (Phi) is 18.8. The van der Waals surface area contributed by atoms with E-state index in [1.165, 1.54) is 12.0 Å². The molecule has 0 bridgehead atoms. The molecule has 0 fully saturated rings. The number of methoxy groups -OCH3 is 1. The molecule has 0 aromatic carbocycles. The Balaban J connectivity index is -0.000000339. The smallest absolute Gasteiger partial charge is 0.248 e. The summed E-state index contributed by atoms with van der Waals surface area (Å²) in [5, 5.41) is 8.16. The van der Waals surface area contributed by atoms with Crippen LogP contribution < -0.4 is 0 Å². The lowest BCUT2D eigenvalue weighted by Crippen LogP contribution is -2.35. The first-order valence-electron chi connectivity index (χ1n) is 7.56. The van der Waals surface area contributed by atoms with Gasteiger partial charge in [-0.15, -0.1) is 0 Å². The number of rotatable bonds is 7. The predicted molar refractivity (Wildman–Crippen MR) is 87.6 cm³/mol. The molecular formula is C16H33NO5. The number of hydrogen-bond acceptors (Lipinski definition) is 5. The van der Waals surface area contributed by atoms with Crippen molar-refractivity contribution in [1.82, 2.24) is 4.90 Å². The average molecular weight is 319 g/mol. The number of ether oxygens (including phenoxy) is 1. The Morgan fingerprint density at radius 2 is 1.41 bits per heavy atom. The number of likely N-dealkylation sites (N-methyl/N-ethyl adjacent to an activating group) is 1. The van der Waals surface area contributed by atoms with Gasteiger partial charge in [0.05, 0.1) is 6.54 Å². The molecule has 0 rings (SSSR count). The van der Waals surface area contributed by atoms with E-state index in [0.29, 0.717) is 0 Å². The normalized spacial score (nSPS) is 9.41. The maximum atomic E-state index is 11.2. The molecule has 0 aliphatic rings. The largest absolute Gasteiger partial charge is 0.389 e. The average Bonchev–Trinajstić information content (AvgIpc) is 2.48. The molecule has 0 saturated carbocycles. The molecule has 22 heavy (non-hydrogen) atoms. The van der Waals surface area contributed by atoms with Crippen molar-refractivity contribution in [1.29, 1.82) is 0 Å². The Morgan fingerprint density at radius 3 is 1.64 bits per heavy atom. The van der Waals surface area contributed by atoms with Crippen LogP contribution in [0.15, 0.2) is 0 Å². The lowest BCUT2D eigenvalue weighted by molar-refractivity contribution is -0.137. The molecule has 6 nitrogen and oxygen atoms in total. The van der Waals surface area contributed by atoms with E-state index < -0.39 is 0 Å². The molecule has 0 aliphatic heterocycles. The third-order valence-electron chi connectivity index (χ3n) is 2.53. The van der Waals surface area contributed by atoms with Gasteiger partial charge in [-0.3, -0.25) is 14.4 Å². The molecule has 0 unspecified atom stereocenters. The van der Waals surface area contributed by atoms with E-state index in [2.05, 4.69) is 4.74 Å². The summed E-state index contributed by atoms with van der Waals surface area (Å²) in [4.78, 5) is 34.0. The van der Waals surface area contributed by atoms with Crippen LogP contribution in [-0.2, 0) is 19.1 Å². The number of carbonyl (C=O) groups is 3. The van der Waals surface area contributed by atoms with Crippen molar-refractivity contribution in [2.45, 2.75) is 41.5 Å². The molecule has 0 spiro atoms. The lowest BCUT2D eigenvalue weighted by Gasteiger charge is -2.16. The van der Waals surface area contributed by atoms with Crippen molar-refractivity contribution in [3.63, 3.8) is 0 Å². The van der Waals surface area contributed by atoms with Crippen molar-refractivity contribution >= 4 is 17.5 Å². The minimum Gasteiger partial charge on any atom is -0.389 e. The molecule has 0 saturated heterocycles. The van der Waals surface area contributed by atoms with E-state index in [0.717, 1.165) is 0 Å². The highest BCUT2D eigenvalue weighted by Gasteiger charge is 2.14. The fourth-order valence-corrected chi connectivity index (χ4v) is 0.921. The fraction of sp³-hybridized carbons (Fsp3) is 0.812. The summed E-state index contributed by atoms with van der Waals surface area (Å²) < 4.78 is 4.66. The number of ketones is 2. The maximum absolute atomic E-state index is 11.2. The molecule has 0 aliphatic carbocycles. The lowest BCUT2D eigenvalue weighted by atomic mass is 10.1. The molecule has 0 radical (unpaired) electrons. The van der Waals surface area contributed by atoms with Gasteiger partial charge in [0.15, 0.2) is 11.6 Å². The van der Waals surface area contributed by atoms with Crippen LogP contribution >= 0.6 is 0 Å². The highest BCUT2D eigenvalue weighted by molar-refractivity contribution is 5.87. The first kappa shape index (κ1) is 25.7. The number of amides is 1. The molecule has 0 atom stereocenters. The summed E-state index contributed by atoms with van der Waals surface area (Å²) in [6, 6.07) is 0. The van der Waals surface area contributed by atoms with Crippen LogP contribution in [0.2, 0.25) is 0 Å². The van der Waals surface area contributed by atoms with E-state index in [1.54, 1.807) is 20.9 Å². The summed E-state index contributed by atoms with van der Waals surface area (Å²) >= 11 is 0. The fourth-order valence-electron chi connectivity index (χ4n) is 0.921. The Hall–Kier alpha value is -1.27. The van der Waals surface area contributed by atoms with Crippen LogP contribution in [0.25, 0.3) is 0 Å². The zero-order valence-electron chi connectivity index (χ0n) is 15.3. The highest BCUT2D eigenvalue weighted by atomic mass is 16.5. The molecule has 1 N–H and O–H groups in total. The molecule has 0 heterocycles. The Bertz CT molecular complexity index is 314. The van der Waals surface area contributed by atoms with Gasteiger partial charge in [0, 0.05) is 26.0 Å². The minimum atomic E-state index is -0.322. The second-order valence-corrected chi connectivity index (χ2v) is 5.08. The van der Waals surface area contributed by atoms with Crippen LogP contribution in [0.4, 0.5) is 0 Å². The van der Waals surface area contributed by atoms with Crippen molar-refractivity contribution in [2.24, 2.45) is 11.8 Å². The van der Waals surface area contributed by atoms with Crippen LogP contribution in [0.3, 0.4) is 0 Å². The SMILES string of the molecule is CC.CC(C)C(=O)CO.COCC(=O)N(C)CC(=O)C(C)C. The summed E-state index contributed by atoms with van der Waals surface area (Å²) in [6.45, 7) is 11.0. The number of carbonyl (C=O) groups excluding carboxylic acids is 3. The van der Waals surface area contributed by atoms with Gasteiger partial charge >= 0.3 is 0 Å². The van der Waals surface area contributed by atoms with E-state index in [9.17, 15) is 14.4 Å². The maximum Gasteiger partial charge on any atom is 0.248 e. The summed E-state index contributed by atoms with van der Waals surface area (Å²) in [7, 11) is 3.05. The third-order valence-corrected chi connectivity index (χ3v) is 2.53.